The molecule has 1 heterocycles. The summed E-state index contributed by atoms with van der Waals surface area (Å²) >= 11 is 7.11. The highest BCUT2D eigenvalue weighted by Crippen LogP contribution is 2.30. The molecule has 0 radical (unpaired) electrons. The van der Waals surface area contributed by atoms with Crippen LogP contribution in [0.15, 0.2) is 92.3 Å². The Morgan fingerprint density at radius 2 is 1.16 bits per heavy atom. The number of nitriles is 2. The summed E-state index contributed by atoms with van der Waals surface area (Å²) in [5, 5.41) is 19.1. The molecule has 2 aromatic carbocycles. The Balaban J connectivity index is 1.83. The summed E-state index contributed by atoms with van der Waals surface area (Å²) in [5.41, 5.74) is 2.28. The highest BCUT2D eigenvalue weighted by atomic mass is 79.9. The Hall–Kier alpha value is -3.52. The van der Waals surface area contributed by atoms with Crippen molar-refractivity contribution in [3.63, 3.8) is 0 Å². The first-order valence-corrected chi connectivity index (χ1v) is 16.4. The Morgan fingerprint density at radius 1 is 0.698 bits per heavy atom. The predicted molar refractivity (Wildman–Crippen MR) is 181 cm³/mol. The standard InChI is InChI=1S/C36H38Br2N2O3/c1-3-5-7-9-19-41-35-17-13-31(37)21-27(35)11-15-33-23-29(30(25-39)26-40)24-34(43-33)16-12-28-22-32(38)14-18-36(28)42-20-10-8-6-4-2/h11-18,21-24H,3-10,19-20H2,1-2H3/b15-11+,16-12+. The molecule has 1 aliphatic heterocycles. The van der Waals surface area contributed by atoms with E-state index in [4.69, 9.17) is 14.2 Å². The minimum Gasteiger partial charge on any atom is -0.493 e. The first kappa shape index (κ1) is 34.0. The molecule has 0 unspecified atom stereocenters. The number of rotatable bonds is 16. The molecule has 0 bridgehead atoms. The van der Waals surface area contributed by atoms with Crippen molar-refractivity contribution in [3.8, 4) is 23.6 Å². The van der Waals surface area contributed by atoms with E-state index in [9.17, 15) is 10.5 Å². The molecule has 224 valence electrons. The van der Waals surface area contributed by atoms with Crippen LogP contribution in [0, 0.1) is 22.7 Å². The number of benzene rings is 2. The Bertz CT molecular complexity index is 1360. The Morgan fingerprint density at radius 3 is 1.58 bits per heavy atom. The highest BCUT2D eigenvalue weighted by Gasteiger charge is 2.13. The summed E-state index contributed by atoms with van der Waals surface area (Å²) in [7, 11) is 0. The summed E-state index contributed by atoms with van der Waals surface area (Å²) in [4.78, 5) is 0. The molecular formula is C36H38Br2N2O3. The zero-order chi connectivity index (χ0) is 30.9. The second-order valence-electron chi connectivity index (χ2n) is 10.1. The second kappa shape index (κ2) is 18.9. The van der Waals surface area contributed by atoms with Crippen LogP contribution in [0.2, 0.25) is 0 Å². The van der Waals surface area contributed by atoms with E-state index < -0.39 is 0 Å². The first-order valence-electron chi connectivity index (χ1n) is 14.8. The predicted octanol–water partition coefficient (Wildman–Crippen LogP) is 11.0. The molecule has 0 aromatic heterocycles. The lowest BCUT2D eigenvalue weighted by Crippen LogP contribution is -2.00. The first-order chi connectivity index (χ1) is 21.0. The summed E-state index contributed by atoms with van der Waals surface area (Å²) in [6.07, 6.45) is 19.9. The third-order valence-corrected chi connectivity index (χ3v) is 7.64. The molecule has 0 N–H and O–H groups in total. The molecule has 0 saturated carbocycles. The third kappa shape index (κ3) is 11.6. The van der Waals surface area contributed by atoms with Gasteiger partial charge in [-0.3, -0.25) is 0 Å². The maximum absolute atomic E-state index is 9.56. The van der Waals surface area contributed by atoms with Crippen LogP contribution in [0.3, 0.4) is 0 Å². The molecule has 43 heavy (non-hydrogen) atoms. The van der Waals surface area contributed by atoms with Crippen LogP contribution in [0.25, 0.3) is 12.2 Å². The monoisotopic (exact) mass is 704 g/mol. The van der Waals surface area contributed by atoms with E-state index >= 15 is 0 Å². The van der Waals surface area contributed by atoms with E-state index in [0.717, 1.165) is 57.3 Å². The van der Waals surface area contributed by atoms with Gasteiger partial charge in [0.15, 0.2) is 0 Å². The van der Waals surface area contributed by atoms with Gasteiger partial charge in [0, 0.05) is 25.6 Å². The maximum atomic E-state index is 9.56. The molecular weight excluding hydrogens is 668 g/mol. The maximum Gasteiger partial charge on any atom is 0.137 e. The molecule has 0 aliphatic carbocycles. The van der Waals surface area contributed by atoms with Gasteiger partial charge in [-0.2, -0.15) is 10.5 Å². The van der Waals surface area contributed by atoms with E-state index in [1.165, 1.54) is 25.7 Å². The van der Waals surface area contributed by atoms with E-state index in [-0.39, 0.29) is 5.57 Å². The Kier molecular flexibility index (Phi) is 14.9. The van der Waals surface area contributed by atoms with E-state index in [2.05, 4.69) is 45.7 Å². The highest BCUT2D eigenvalue weighted by molar-refractivity contribution is 9.10. The molecule has 2 aromatic rings. The summed E-state index contributed by atoms with van der Waals surface area (Å²) < 4.78 is 20.2. The molecule has 5 nitrogen and oxygen atoms in total. The number of hydrogen-bond acceptors (Lipinski definition) is 5. The van der Waals surface area contributed by atoms with Gasteiger partial charge in [0.1, 0.15) is 40.7 Å². The van der Waals surface area contributed by atoms with Crippen molar-refractivity contribution < 1.29 is 14.2 Å². The second-order valence-corrected chi connectivity index (χ2v) is 11.9. The zero-order valence-corrected chi connectivity index (χ0v) is 28.0. The lowest BCUT2D eigenvalue weighted by Gasteiger charge is -2.15. The third-order valence-electron chi connectivity index (χ3n) is 6.65. The molecule has 3 rings (SSSR count). The zero-order valence-electron chi connectivity index (χ0n) is 24.9. The van der Waals surface area contributed by atoms with Crippen LogP contribution in [0.4, 0.5) is 0 Å². The fourth-order valence-electron chi connectivity index (χ4n) is 4.33. The fraction of sp³-hybridized carbons (Fsp3) is 0.333. The van der Waals surface area contributed by atoms with Crippen LogP contribution in [0.5, 0.6) is 11.5 Å². The Labute approximate surface area is 273 Å². The van der Waals surface area contributed by atoms with Gasteiger partial charge in [-0.15, -0.1) is 0 Å². The smallest absolute Gasteiger partial charge is 0.137 e. The van der Waals surface area contributed by atoms with Gasteiger partial charge in [0.2, 0.25) is 0 Å². The number of nitrogens with zero attached hydrogens (tertiary/aromatic N) is 2. The number of unbranched alkanes of at least 4 members (excludes halogenated alkanes) is 6. The van der Waals surface area contributed by atoms with Crippen molar-refractivity contribution in [2.24, 2.45) is 0 Å². The van der Waals surface area contributed by atoms with Gasteiger partial charge in [0.05, 0.1) is 13.2 Å². The van der Waals surface area contributed by atoms with Crippen LogP contribution in [-0.4, -0.2) is 13.2 Å². The summed E-state index contributed by atoms with van der Waals surface area (Å²) in [5.74, 6) is 2.56. The van der Waals surface area contributed by atoms with Gasteiger partial charge in [-0.05, 0) is 85.7 Å². The molecule has 1 aliphatic rings. The molecule has 0 saturated heterocycles. The van der Waals surface area contributed by atoms with Gasteiger partial charge in [-0.25, -0.2) is 0 Å². The van der Waals surface area contributed by atoms with Crippen molar-refractivity contribution in [1.82, 2.24) is 0 Å². The topological polar surface area (TPSA) is 75.3 Å². The van der Waals surface area contributed by atoms with Crippen molar-refractivity contribution in [2.75, 3.05) is 13.2 Å². The van der Waals surface area contributed by atoms with Crippen LogP contribution >= 0.6 is 31.9 Å². The molecule has 0 amide bonds. The number of halogens is 2. The lowest BCUT2D eigenvalue weighted by atomic mass is 10.0. The van der Waals surface area contributed by atoms with Crippen LogP contribution in [0.1, 0.15) is 76.3 Å². The van der Waals surface area contributed by atoms with Crippen molar-refractivity contribution in [3.05, 3.63) is 103 Å². The molecule has 7 heteroatoms. The van der Waals surface area contributed by atoms with Gasteiger partial charge < -0.3 is 14.2 Å². The van der Waals surface area contributed by atoms with Crippen LogP contribution in [-0.2, 0) is 4.74 Å². The fourth-order valence-corrected chi connectivity index (χ4v) is 5.09. The summed E-state index contributed by atoms with van der Waals surface area (Å²) in [6, 6.07) is 15.8. The van der Waals surface area contributed by atoms with Crippen molar-refractivity contribution >= 4 is 44.0 Å². The van der Waals surface area contributed by atoms with Crippen LogP contribution < -0.4 is 9.47 Å². The quantitative estimate of drug-likeness (QED) is 0.128. The van der Waals surface area contributed by atoms with Gasteiger partial charge in [-0.1, -0.05) is 84.2 Å². The lowest BCUT2D eigenvalue weighted by molar-refractivity contribution is 0.304. The van der Waals surface area contributed by atoms with Crippen molar-refractivity contribution in [1.29, 1.82) is 10.5 Å². The van der Waals surface area contributed by atoms with E-state index in [1.54, 1.807) is 12.2 Å². The molecule has 0 atom stereocenters. The van der Waals surface area contributed by atoms with E-state index in [0.29, 0.717) is 30.3 Å². The largest absolute Gasteiger partial charge is 0.493 e. The minimum atomic E-state index is 0.0113. The average molecular weight is 707 g/mol. The summed E-state index contributed by atoms with van der Waals surface area (Å²) in [6.45, 7) is 5.69. The van der Waals surface area contributed by atoms with Gasteiger partial charge >= 0.3 is 0 Å². The normalized spacial score (nSPS) is 12.8. The minimum absolute atomic E-state index is 0.0113. The molecule has 0 spiro atoms. The molecule has 0 fully saturated rings. The van der Waals surface area contributed by atoms with Crippen molar-refractivity contribution in [2.45, 2.75) is 65.2 Å². The SMILES string of the molecule is CCCCCCOc1ccc(Br)cc1/C=C/C1=CC(=C(C#N)C#N)C=C(/C=C/c2cc(Br)ccc2OCCCCCC)O1. The average Bonchev–Trinajstić information content (AvgIpc) is 3.01. The number of hydrogen-bond donors (Lipinski definition) is 0. The van der Waals surface area contributed by atoms with Gasteiger partial charge in [0.25, 0.3) is 0 Å². The number of ether oxygens (including phenoxy) is 3. The number of allylic oxidation sites excluding steroid dienone is 6. The van der Waals surface area contributed by atoms with E-state index in [1.807, 2.05) is 72.8 Å².